The first-order valence-electron chi connectivity index (χ1n) is 10.0. The lowest BCUT2D eigenvalue weighted by molar-refractivity contribution is -0.153. The summed E-state index contributed by atoms with van der Waals surface area (Å²) in [7, 11) is 0. The minimum Gasteiger partial charge on any atom is -0.465 e. The average molecular weight is 410 g/mol. The van der Waals surface area contributed by atoms with E-state index in [0.29, 0.717) is 24.5 Å². The van der Waals surface area contributed by atoms with E-state index in [4.69, 9.17) is 16.3 Å². The van der Waals surface area contributed by atoms with Gasteiger partial charge in [-0.1, -0.05) is 54.1 Å². The molecular weight excluding hydrogens is 386 g/mol. The van der Waals surface area contributed by atoms with Gasteiger partial charge in [0.2, 0.25) is 5.91 Å². The van der Waals surface area contributed by atoms with Crippen LogP contribution in [0.4, 0.5) is 0 Å². The molecule has 1 saturated heterocycles. The van der Waals surface area contributed by atoms with Gasteiger partial charge >= 0.3 is 5.97 Å². The van der Waals surface area contributed by atoms with Crippen LogP contribution >= 0.6 is 11.6 Å². The molecule has 0 N–H and O–H groups in total. The molecular formula is C24H24ClNO3. The molecule has 2 aromatic rings. The molecule has 1 unspecified atom stereocenters. The molecule has 2 aromatic carbocycles. The zero-order valence-corrected chi connectivity index (χ0v) is 17.4. The second-order valence-electron chi connectivity index (χ2n) is 7.57. The quantitative estimate of drug-likeness (QED) is 0.670. The number of carbonyl (C=O) groups excluding carboxylic acids is 2. The van der Waals surface area contributed by atoms with E-state index >= 15 is 0 Å². The zero-order valence-electron chi connectivity index (χ0n) is 16.7. The van der Waals surface area contributed by atoms with Crippen molar-refractivity contribution in [3.63, 3.8) is 0 Å². The number of likely N-dealkylation sites (tertiary alicyclic amines) is 1. The van der Waals surface area contributed by atoms with Gasteiger partial charge in [0, 0.05) is 17.1 Å². The Hall–Kier alpha value is -2.59. The van der Waals surface area contributed by atoms with Gasteiger partial charge in [-0.2, -0.15) is 0 Å². The van der Waals surface area contributed by atoms with Crippen LogP contribution < -0.4 is 0 Å². The fourth-order valence-electron chi connectivity index (χ4n) is 4.66. The van der Waals surface area contributed by atoms with Crippen LogP contribution in [0.15, 0.2) is 60.3 Å². The Morgan fingerprint density at radius 3 is 2.72 bits per heavy atom. The lowest BCUT2D eigenvalue weighted by atomic mass is 9.66. The highest BCUT2D eigenvalue weighted by Crippen LogP contribution is 2.50. The van der Waals surface area contributed by atoms with Crippen molar-refractivity contribution in [3.05, 3.63) is 82.0 Å². The topological polar surface area (TPSA) is 46.6 Å². The third-order valence-corrected chi connectivity index (χ3v) is 6.25. The first-order chi connectivity index (χ1) is 14.0. The van der Waals surface area contributed by atoms with E-state index in [1.807, 2.05) is 68.5 Å². The van der Waals surface area contributed by atoms with Gasteiger partial charge in [-0.15, -0.1) is 0 Å². The number of nitrogens with zero attached hydrogens (tertiary/aromatic N) is 1. The molecule has 0 radical (unpaired) electrons. The fraction of sp³-hybridized carbons (Fsp3) is 0.333. The van der Waals surface area contributed by atoms with Crippen molar-refractivity contribution in [1.29, 1.82) is 0 Å². The highest BCUT2D eigenvalue weighted by molar-refractivity contribution is 6.30. The van der Waals surface area contributed by atoms with Gasteiger partial charge in [0.25, 0.3) is 0 Å². The minimum absolute atomic E-state index is 0.0324. The summed E-state index contributed by atoms with van der Waals surface area (Å²) in [5.41, 5.74) is 2.69. The first-order valence-corrected chi connectivity index (χ1v) is 10.4. The largest absolute Gasteiger partial charge is 0.465 e. The number of amides is 1. The summed E-state index contributed by atoms with van der Waals surface area (Å²) in [6, 6.07) is 15.4. The SMILES string of the molecule is CCOC(=O)[C@@]12CCC(=O)N(C(C)c3ccccc3)C1=CCc1cc(Cl)ccc12. The molecule has 2 atom stereocenters. The van der Waals surface area contributed by atoms with Crippen molar-refractivity contribution >= 4 is 23.5 Å². The third kappa shape index (κ3) is 3.16. The number of esters is 1. The van der Waals surface area contributed by atoms with E-state index in [2.05, 4.69) is 0 Å². The van der Waals surface area contributed by atoms with Crippen LogP contribution in [0, 0.1) is 0 Å². The predicted octanol–water partition coefficient (Wildman–Crippen LogP) is 4.96. The third-order valence-electron chi connectivity index (χ3n) is 6.01. The van der Waals surface area contributed by atoms with Crippen molar-refractivity contribution in [2.75, 3.05) is 6.61 Å². The molecule has 1 heterocycles. The Balaban J connectivity index is 1.87. The van der Waals surface area contributed by atoms with Crippen LogP contribution in [0.1, 0.15) is 49.4 Å². The number of halogens is 1. The number of ether oxygens (including phenoxy) is 1. The molecule has 0 bridgehead atoms. The molecule has 29 heavy (non-hydrogen) atoms. The molecule has 0 aromatic heterocycles. The number of hydrogen-bond acceptors (Lipinski definition) is 3. The maximum absolute atomic E-state index is 13.4. The molecule has 1 fully saturated rings. The fourth-order valence-corrected chi connectivity index (χ4v) is 4.85. The maximum atomic E-state index is 13.4. The number of benzene rings is 2. The number of carbonyl (C=O) groups is 2. The summed E-state index contributed by atoms with van der Waals surface area (Å²) >= 11 is 6.22. The average Bonchev–Trinajstić information content (AvgIpc) is 2.73. The molecule has 0 spiro atoms. The van der Waals surface area contributed by atoms with Crippen LogP contribution in [0.5, 0.6) is 0 Å². The highest BCUT2D eigenvalue weighted by atomic mass is 35.5. The van der Waals surface area contributed by atoms with E-state index in [1.54, 1.807) is 4.90 Å². The summed E-state index contributed by atoms with van der Waals surface area (Å²) in [5, 5.41) is 0.640. The minimum atomic E-state index is -0.981. The van der Waals surface area contributed by atoms with E-state index in [1.165, 1.54) is 0 Å². The second kappa shape index (κ2) is 7.68. The summed E-state index contributed by atoms with van der Waals surface area (Å²) in [5.74, 6) is -0.266. The molecule has 4 rings (SSSR count). The lowest BCUT2D eigenvalue weighted by Gasteiger charge is -2.48. The summed E-state index contributed by atoms with van der Waals surface area (Å²) in [6.07, 6.45) is 3.32. The zero-order chi connectivity index (χ0) is 20.6. The Bertz CT molecular complexity index is 985. The molecule has 4 nitrogen and oxygen atoms in total. The van der Waals surface area contributed by atoms with E-state index in [0.717, 1.165) is 22.4 Å². The van der Waals surface area contributed by atoms with Crippen molar-refractivity contribution in [1.82, 2.24) is 4.90 Å². The van der Waals surface area contributed by atoms with Gasteiger partial charge in [0.15, 0.2) is 0 Å². The molecule has 1 amide bonds. The summed E-state index contributed by atoms with van der Waals surface area (Å²) < 4.78 is 5.55. The van der Waals surface area contributed by atoms with Crippen molar-refractivity contribution in [2.45, 2.75) is 44.6 Å². The second-order valence-corrected chi connectivity index (χ2v) is 8.01. The number of rotatable bonds is 4. The number of allylic oxidation sites excluding steroid dienone is 1. The van der Waals surface area contributed by atoms with Crippen LogP contribution in [0.3, 0.4) is 0 Å². The van der Waals surface area contributed by atoms with E-state index in [9.17, 15) is 9.59 Å². The number of hydrogen-bond donors (Lipinski definition) is 0. The number of piperidine rings is 1. The van der Waals surface area contributed by atoms with Gasteiger partial charge in [-0.05, 0) is 55.5 Å². The predicted molar refractivity (Wildman–Crippen MR) is 112 cm³/mol. The Morgan fingerprint density at radius 2 is 2.00 bits per heavy atom. The van der Waals surface area contributed by atoms with Gasteiger partial charge in [0.05, 0.1) is 12.6 Å². The van der Waals surface area contributed by atoms with E-state index < -0.39 is 5.41 Å². The lowest BCUT2D eigenvalue weighted by Crippen LogP contribution is -2.53. The molecule has 1 aliphatic heterocycles. The van der Waals surface area contributed by atoms with Gasteiger partial charge in [-0.25, -0.2) is 0 Å². The first kappa shape index (κ1) is 19.7. The molecule has 0 saturated carbocycles. The van der Waals surface area contributed by atoms with Gasteiger partial charge in [-0.3, -0.25) is 9.59 Å². The van der Waals surface area contributed by atoms with E-state index in [-0.39, 0.29) is 24.3 Å². The number of fused-ring (bicyclic) bond motifs is 3. The van der Waals surface area contributed by atoms with Crippen LogP contribution in [0.25, 0.3) is 0 Å². The monoisotopic (exact) mass is 409 g/mol. The molecule has 5 heteroatoms. The van der Waals surface area contributed by atoms with Crippen molar-refractivity contribution < 1.29 is 14.3 Å². The summed E-state index contributed by atoms with van der Waals surface area (Å²) in [4.78, 5) is 28.2. The maximum Gasteiger partial charge on any atom is 0.322 e. The smallest absolute Gasteiger partial charge is 0.322 e. The molecule has 150 valence electrons. The van der Waals surface area contributed by atoms with Crippen LogP contribution in [0.2, 0.25) is 5.02 Å². The highest BCUT2D eigenvalue weighted by Gasteiger charge is 2.54. The van der Waals surface area contributed by atoms with Gasteiger partial charge < -0.3 is 9.64 Å². The van der Waals surface area contributed by atoms with Crippen LogP contribution in [-0.4, -0.2) is 23.4 Å². The van der Waals surface area contributed by atoms with Gasteiger partial charge in [0.1, 0.15) is 5.41 Å². The Morgan fingerprint density at radius 1 is 1.24 bits per heavy atom. The normalized spacial score (nSPS) is 21.7. The van der Waals surface area contributed by atoms with Crippen LogP contribution in [-0.2, 0) is 26.2 Å². The van der Waals surface area contributed by atoms with Crippen molar-refractivity contribution in [2.24, 2.45) is 0 Å². The Labute approximate surface area is 176 Å². The Kier molecular flexibility index (Phi) is 5.22. The molecule has 2 aliphatic rings. The summed E-state index contributed by atoms with van der Waals surface area (Å²) in [6.45, 7) is 4.10. The molecule has 1 aliphatic carbocycles. The van der Waals surface area contributed by atoms with Crippen molar-refractivity contribution in [3.8, 4) is 0 Å². The standard InChI is InChI=1S/C24H24ClNO3/c1-3-29-23(28)24-14-13-22(27)26(16(2)17-7-5-4-6-8-17)21(24)12-9-18-15-19(25)10-11-20(18)24/h4-8,10-12,15-16H,3,9,13-14H2,1-2H3/t16?,24-/m1/s1.